The second-order valence-corrected chi connectivity index (χ2v) is 7.04. The summed E-state index contributed by atoms with van der Waals surface area (Å²) in [7, 11) is -3.08. The molecule has 0 aromatic carbocycles. The summed E-state index contributed by atoms with van der Waals surface area (Å²) in [5, 5.41) is -0.149. The van der Waals surface area contributed by atoms with Crippen LogP contribution in [0.1, 0.15) is 32.1 Å². The average molecular weight is 264 g/mol. The van der Waals surface area contributed by atoms with Gasteiger partial charge in [-0.25, -0.2) is 13.1 Å². The number of likely N-dealkylation sites (tertiary alicyclic amines) is 1. The molecular formula is C11H21FN2O2S. The highest BCUT2D eigenvalue weighted by atomic mass is 32.2. The van der Waals surface area contributed by atoms with Gasteiger partial charge in [0.05, 0.1) is 11.9 Å². The third-order valence-electron chi connectivity index (χ3n) is 3.41. The normalized spacial score (nSPS) is 27.2. The van der Waals surface area contributed by atoms with Crippen LogP contribution in [0, 0.1) is 0 Å². The minimum absolute atomic E-state index is 0.0222. The molecule has 0 spiro atoms. The number of halogens is 1. The van der Waals surface area contributed by atoms with Crippen LogP contribution in [0.2, 0.25) is 0 Å². The molecule has 0 aromatic rings. The SMILES string of the molecule is O=S(=O)(NC1CCCN(CCCF)C1)C1CC1. The van der Waals surface area contributed by atoms with Crippen LogP contribution in [0.5, 0.6) is 0 Å². The molecule has 4 nitrogen and oxygen atoms in total. The van der Waals surface area contributed by atoms with Crippen LogP contribution in [-0.2, 0) is 10.0 Å². The highest BCUT2D eigenvalue weighted by molar-refractivity contribution is 7.90. The van der Waals surface area contributed by atoms with Crippen molar-refractivity contribution in [2.75, 3.05) is 26.3 Å². The molecule has 2 fully saturated rings. The summed E-state index contributed by atoms with van der Waals surface area (Å²) in [4.78, 5) is 2.16. The van der Waals surface area contributed by atoms with Gasteiger partial charge in [-0.15, -0.1) is 0 Å². The Morgan fingerprint density at radius 2 is 2.06 bits per heavy atom. The monoisotopic (exact) mass is 264 g/mol. The Balaban J connectivity index is 1.80. The lowest BCUT2D eigenvalue weighted by Gasteiger charge is -2.32. The summed E-state index contributed by atoms with van der Waals surface area (Å²) in [5.41, 5.74) is 0. The van der Waals surface area contributed by atoms with E-state index in [-0.39, 0.29) is 18.0 Å². The molecule has 100 valence electrons. The molecule has 0 bridgehead atoms. The second kappa shape index (κ2) is 5.63. The van der Waals surface area contributed by atoms with Crippen LogP contribution in [0.25, 0.3) is 0 Å². The molecule has 1 N–H and O–H groups in total. The van der Waals surface area contributed by atoms with Crippen molar-refractivity contribution >= 4 is 10.0 Å². The Morgan fingerprint density at radius 3 is 2.71 bits per heavy atom. The van der Waals surface area contributed by atoms with E-state index in [2.05, 4.69) is 9.62 Å². The van der Waals surface area contributed by atoms with Crippen molar-refractivity contribution in [2.45, 2.75) is 43.4 Å². The van der Waals surface area contributed by atoms with E-state index < -0.39 is 10.0 Å². The van der Waals surface area contributed by atoms with Crippen molar-refractivity contribution in [1.82, 2.24) is 9.62 Å². The molecular weight excluding hydrogens is 243 g/mol. The average Bonchev–Trinajstić information content (AvgIpc) is 3.10. The molecule has 1 aliphatic heterocycles. The first kappa shape index (κ1) is 13.2. The maximum absolute atomic E-state index is 12.1. The van der Waals surface area contributed by atoms with E-state index in [0.29, 0.717) is 6.42 Å². The van der Waals surface area contributed by atoms with Crippen LogP contribution >= 0.6 is 0 Å². The number of nitrogens with zero attached hydrogens (tertiary/aromatic N) is 1. The van der Waals surface area contributed by atoms with Crippen molar-refractivity contribution in [3.63, 3.8) is 0 Å². The first-order chi connectivity index (χ1) is 8.12. The molecule has 0 radical (unpaired) electrons. The molecule has 0 aromatic heterocycles. The Bertz CT molecular complexity index is 343. The summed E-state index contributed by atoms with van der Waals surface area (Å²) in [5.74, 6) is 0. The molecule has 1 atom stereocenters. The van der Waals surface area contributed by atoms with E-state index in [9.17, 15) is 12.8 Å². The first-order valence-electron chi connectivity index (χ1n) is 6.41. The van der Waals surface area contributed by atoms with Crippen LogP contribution in [0.3, 0.4) is 0 Å². The van der Waals surface area contributed by atoms with Gasteiger partial charge in [-0.2, -0.15) is 0 Å². The summed E-state index contributed by atoms with van der Waals surface area (Å²) >= 11 is 0. The topological polar surface area (TPSA) is 49.4 Å². The molecule has 2 aliphatic rings. The Kier molecular flexibility index (Phi) is 4.38. The highest BCUT2D eigenvalue weighted by Crippen LogP contribution is 2.28. The number of hydrogen-bond acceptors (Lipinski definition) is 3. The van der Waals surface area contributed by atoms with E-state index >= 15 is 0 Å². The van der Waals surface area contributed by atoms with Crippen molar-refractivity contribution in [2.24, 2.45) is 0 Å². The molecule has 2 rings (SSSR count). The van der Waals surface area contributed by atoms with E-state index in [0.717, 1.165) is 45.3 Å². The zero-order chi connectivity index (χ0) is 12.3. The lowest BCUT2D eigenvalue weighted by molar-refractivity contribution is 0.194. The predicted molar refractivity (Wildman–Crippen MR) is 65.1 cm³/mol. The summed E-state index contributed by atoms with van der Waals surface area (Å²) in [6.45, 7) is 2.13. The van der Waals surface area contributed by atoms with Gasteiger partial charge in [-0.3, -0.25) is 4.39 Å². The zero-order valence-corrected chi connectivity index (χ0v) is 10.9. The molecule has 1 heterocycles. The largest absolute Gasteiger partial charge is 0.302 e. The maximum atomic E-state index is 12.1. The molecule has 17 heavy (non-hydrogen) atoms. The number of alkyl halides is 1. The standard InChI is InChI=1S/C11H21FN2O2S/c12-6-2-8-14-7-1-3-10(9-14)13-17(15,16)11-4-5-11/h10-11,13H,1-9H2. The lowest BCUT2D eigenvalue weighted by atomic mass is 10.1. The van der Waals surface area contributed by atoms with Gasteiger partial charge >= 0.3 is 0 Å². The van der Waals surface area contributed by atoms with Crippen molar-refractivity contribution in [3.05, 3.63) is 0 Å². The lowest BCUT2D eigenvalue weighted by Crippen LogP contribution is -2.48. The minimum Gasteiger partial charge on any atom is -0.302 e. The highest BCUT2D eigenvalue weighted by Gasteiger charge is 2.37. The van der Waals surface area contributed by atoms with Gasteiger partial charge in [0.1, 0.15) is 0 Å². The van der Waals surface area contributed by atoms with Crippen LogP contribution < -0.4 is 4.72 Å². The number of sulfonamides is 1. The zero-order valence-electron chi connectivity index (χ0n) is 10.1. The number of nitrogens with one attached hydrogen (secondary N) is 1. The number of piperidine rings is 1. The summed E-state index contributed by atoms with van der Waals surface area (Å²) < 4.78 is 38.5. The summed E-state index contributed by atoms with van der Waals surface area (Å²) in [6, 6.07) is 0.0222. The van der Waals surface area contributed by atoms with Gasteiger partial charge in [-0.1, -0.05) is 0 Å². The van der Waals surface area contributed by atoms with E-state index in [1.807, 2.05) is 0 Å². The molecule has 6 heteroatoms. The molecule has 1 saturated heterocycles. The third-order valence-corrected chi connectivity index (χ3v) is 5.42. The van der Waals surface area contributed by atoms with E-state index in [1.165, 1.54) is 0 Å². The first-order valence-corrected chi connectivity index (χ1v) is 7.96. The number of hydrogen-bond donors (Lipinski definition) is 1. The third kappa shape index (κ3) is 3.89. The van der Waals surface area contributed by atoms with Crippen LogP contribution in [0.15, 0.2) is 0 Å². The van der Waals surface area contributed by atoms with E-state index in [1.54, 1.807) is 0 Å². The van der Waals surface area contributed by atoms with Gasteiger partial charge in [0.15, 0.2) is 0 Å². The van der Waals surface area contributed by atoms with Crippen molar-refractivity contribution in [3.8, 4) is 0 Å². The number of rotatable bonds is 6. The minimum atomic E-state index is -3.08. The smallest absolute Gasteiger partial charge is 0.214 e. The van der Waals surface area contributed by atoms with Gasteiger partial charge in [0, 0.05) is 19.1 Å². The quantitative estimate of drug-likeness (QED) is 0.775. The fourth-order valence-electron chi connectivity index (χ4n) is 2.35. The summed E-state index contributed by atoms with van der Waals surface area (Å²) in [6.07, 6.45) is 4.03. The van der Waals surface area contributed by atoms with Gasteiger partial charge in [0.2, 0.25) is 10.0 Å². The Hall–Kier alpha value is -0.200. The van der Waals surface area contributed by atoms with Crippen LogP contribution in [-0.4, -0.2) is 50.9 Å². The van der Waals surface area contributed by atoms with Crippen molar-refractivity contribution in [1.29, 1.82) is 0 Å². The molecule has 0 amide bonds. The van der Waals surface area contributed by atoms with Gasteiger partial charge in [-0.05, 0) is 38.6 Å². The molecule has 1 aliphatic carbocycles. The molecule has 1 saturated carbocycles. The second-order valence-electron chi connectivity index (χ2n) is 5.04. The van der Waals surface area contributed by atoms with Crippen LogP contribution in [0.4, 0.5) is 4.39 Å². The Labute approximate surface area is 103 Å². The van der Waals surface area contributed by atoms with E-state index in [4.69, 9.17) is 0 Å². The molecule has 1 unspecified atom stereocenters. The Morgan fingerprint density at radius 1 is 1.29 bits per heavy atom. The predicted octanol–water partition coefficient (Wildman–Crippen LogP) is 0.892. The maximum Gasteiger partial charge on any atom is 0.214 e. The fourth-order valence-corrected chi connectivity index (χ4v) is 3.95. The van der Waals surface area contributed by atoms with Crippen molar-refractivity contribution < 1.29 is 12.8 Å². The van der Waals surface area contributed by atoms with Gasteiger partial charge < -0.3 is 4.90 Å². The van der Waals surface area contributed by atoms with Gasteiger partial charge in [0.25, 0.3) is 0 Å². The fraction of sp³-hybridized carbons (Fsp3) is 1.00.